The zero-order valence-electron chi connectivity index (χ0n) is 28.5. The minimum absolute atomic E-state index is 0.806. The van der Waals surface area contributed by atoms with Crippen LogP contribution in [0.15, 0.2) is 188 Å². The van der Waals surface area contributed by atoms with E-state index in [1.165, 1.54) is 32.6 Å². The smallest absolute Gasteiger partial charge is 0.157 e. The number of para-hydroxylation sites is 3. The molecule has 0 bridgehead atoms. The van der Waals surface area contributed by atoms with Crippen molar-refractivity contribution in [3.8, 4) is 5.69 Å². The van der Waals surface area contributed by atoms with Crippen molar-refractivity contribution in [2.24, 2.45) is 0 Å². The highest BCUT2D eigenvalue weighted by Crippen LogP contribution is 2.44. The van der Waals surface area contributed by atoms with Gasteiger partial charge in [-0.1, -0.05) is 91.0 Å². The molecule has 0 atom stereocenters. The molecule has 9 aromatic rings. The van der Waals surface area contributed by atoms with E-state index in [9.17, 15) is 0 Å². The number of hydrogen-bond donors (Lipinski definition) is 0. The van der Waals surface area contributed by atoms with Gasteiger partial charge in [-0.05, 0) is 96.4 Å². The molecule has 7 aromatic carbocycles. The van der Waals surface area contributed by atoms with Crippen LogP contribution in [0.25, 0.3) is 38.3 Å². The fourth-order valence-electron chi connectivity index (χ4n) is 7.93. The fraction of sp³-hybridized carbons (Fsp3) is 0.0426. The molecule has 0 saturated carbocycles. The largest absolute Gasteiger partial charge is 0.337 e. The monoisotopic (exact) mass is 669 g/mol. The zero-order valence-corrected chi connectivity index (χ0v) is 28.5. The quantitative estimate of drug-likeness (QED) is 0.176. The standard InChI is InChI=1S/C47H35N5/c1-3-15-36(16-4-1)51(43-22-11-14-34-13-7-8-19-40(34)43)38-26-24-35(25-27-38)49-31-32-50(47-46(49)23-12-30-48-47)39-28-29-45-42(33-39)41-20-9-10-21-44(41)52(45)37-17-5-2-6-18-37/h1-30,33H,31-32H2. The Labute approximate surface area is 302 Å². The van der Waals surface area contributed by atoms with Gasteiger partial charge in [-0.25, -0.2) is 4.98 Å². The lowest BCUT2D eigenvalue weighted by Crippen LogP contribution is -2.36. The topological polar surface area (TPSA) is 27.5 Å². The van der Waals surface area contributed by atoms with Crippen molar-refractivity contribution in [3.63, 3.8) is 0 Å². The van der Waals surface area contributed by atoms with Crippen LogP contribution < -0.4 is 14.7 Å². The predicted octanol–water partition coefficient (Wildman–Crippen LogP) is 12.1. The molecule has 5 heteroatoms. The van der Waals surface area contributed by atoms with Gasteiger partial charge < -0.3 is 19.3 Å². The summed E-state index contributed by atoms with van der Waals surface area (Å²) >= 11 is 0. The number of aromatic nitrogens is 2. The molecule has 1 aliphatic heterocycles. The van der Waals surface area contributed by atoms with Gasteiger partial charge in [-0.2, -0.15) is 0 Å². The molecule has 0 N–H and O–H groups in total. The van der Waals surface area contributed by atoms with Crippen molar-refractivity contribution < 1.29 is 0 Å². The molecule has 0 radical (unpaired) electrons. The van der Waals surface area contributed by atoms with Crippen molar-refractivity contribution in [1.82, 2.24) is 9.55 Å². The summed E-state index contributed by atoms with van der Waals surface area (Å²) in [7, 11) is 0. The second-order valence-corrected chi connectivity index (χ2v) is 13.2. The Morgan fingerprint density at radius 1 is 0.442 bits per heavy atom. The highest BCUT2D eigenvalue weighted by molar-refractivity contribution is 6.10. The highest BCUT2D eigenvalue weighted by atomic mass is 15.3. The lowest BCUT2D eigenvalue weighted by molar-refractivity contribution is 0.833. The van der Waals surface area contributed by atoms with Crippen molar-refractivity contribution in [1.29, 1.82) is 0 Å². The first-order valence-electron chi connectivity index (χ1n) is 17.8. The lowest BCUT2D eigenvalue weighted by Gasteiger charge is -2.38. The molecular formula is C47H35N5. The first kappa shape index (κ1) is 30.0. The van der Waals surface area contributed by atoms with Crippen LogP contribution in [0.2, 0.25) is 0 Å². The Bertz CT molecular complexity index is 2700. The second kappa shape index (κ2) is 12.5. The van der Waals surface area contributed by atoms with Gasteiger partial charge in [0.25, 0.3) is 0 Å². The number of nitrogens with zero attached hydrogens (tertiary/aromatic N) is 5. The van der Waals surface area contributed by atoms with E-state index in [-0.39, 0.29) is 0 Å². The summed E-state index contributed by atoms with van der Waals surface area (Å²) in [5, 5.41) is 4.93. The third-order valence-corrected chi connectivity index (χ3v) is 10.3. The molecule has 0 amide bonds. The normalized spacial score (nSPS) is 12.8. The Morgan fingerprint density at radius 3 is 1.94 bits per heavy atom. The van der Waals surface area contributed by atoms with E-state index < -0.39 is 0 Å². The zero-order chi connectivity index (χ0) is 34.4. The molecule has 0 saturated heterocycles. The molecule has 0 unspecified atom stereocenters. The van der Waals surface area contributed by atoms with Crippen LogP contribution in [-0.4, -0.2) is 22.6 Å². The van der Waals surface area contributed by atoms with E-state index in [1.54, 1.807) is 0 Å². The van der Waals surface area contributed by atoms with Crippen LogP contribution in [0.3, 0.4) is 0 Å². The van der Waals surface area contributed by atoms with Crippen LogP contribution in [0.4, 0.5) is 39.9 Å². The molecule has 0 fully saturated rings. The summed E-state index contributed by atoms with van der Waals surface area (Å²) in [6.45, 7) is 1.63. The first-order valence-corrected chi connectivity index (χ1v) is 17.8. The Morgan fingerprint density at radius 2 is 1.10 bits per heavy atom. The van der Waals surface area contributed by atoms with Gasteiger partial charge in [-0.15, -0.1) is 0 Å². The van der Waals surface area contributed by atoms with Gasteiger partial charge in [0.1, 0.15) is 0 Å². The Kier molecular flexibility index (Phi) is 7.21. The lowest BCUT2D eigenvalue weighted by atomic mass is 10.1. The van der Waals surface area contributed by atoms with Crippen LogP contribution in [-0.2, 0) is 0 Å². The number of benzene rings is 7. The minimum atomic E-state index is 0.806. The molecule has 52 heavy (non-hydrogen) atoms. The summed E-state index contributed by atoms with van der Waals surface area (Å²) in [6.07, 6.45) is 1.90. The van der Waals surface area contributed by atoms with Crippen LogP contribution in [0, 0.1) is 0 Å². The maximum atomic E-state index is 4.97. The van der Waals surface area contributed by atoms with Crippen molar-refractivity contribution in [3.05, 3.63) is 188 Å². The summed E-state index contributed by atoms with van der Waals surface area (Å²) < 4.78 is 2.36. The average molecular weight is 670 g/mol. The van der Waals surface area contributed by atoms with Gasteiger partial charge in [-0.3, -0.25) is 0 Å². The minimum Gasteiger partial charge on any atom is -0.337 e. The van der Waals surface area contributed by atoms with Gasteiger partial charge >= 0.3 is 0 Å². The Hall–Kier alpha value is -6.85. The molecule has 0 spiro atoms. The van der Waals surface area contributed by atoms with Gasteiger partial charge in [0.15, 0.2) is 5.82 Å². The molecule has 2 aromatic heterocycles. The number of rotatable bonds is 6. The maximum absolute atomic E-state index is 4.97. The number of fused-ring (bicyclic) bond motifs is 5. The fourth-order valence-corrected chi connectivity index (χ4v) is 7.93. The SMILES string of the molecule is c1ccc(N(c2ccc(N3CCN(c4ccc5c(c4)c4ccccc4n5-c4ccccc4)c4ncccc43)cc2)c2cccc3ccccc23)cc1. The Balaban J connectivity index is 1.02. The number of anilines is 7. The maximum Gasteiger partial charge on any atom is 0.157 e. The first-order chi connectivity index (χ1) is 25.8. The van der Waals surface area contributed by atoms with Crippen molar-refractivity contribution in [2.45, 2.75) is 0 Å². The second-order valence-electron chi connectivity index (χ2n) is 13.2. The predicted molar refractivity (Wildman–Crippen MR) is 218 cm³/mol. The van der Waals surface area contributed by atoms with Crippen LogP contribution in [0.1, 0.15) is 0 Å². The summed E-state index contributed by atoms with van der Waals surface area (Å²) in [5.74, 6) is 0.964. The third kappa shape index (κ3) is 4.97. The van der Waals surface area contributed by atoms with E-state index >= 15 is 0 Å². The van der Waals surface area contributed by atoms with Gasteiger partial charge in [0.2, 0.25) is 0 Å². The van der Waals surface area contributed by atoms with Gasteiger partial charge in [0, 0.05) is 63.9 Å². The number of pyridine rings is 1. The summed E-state index contributed by atoms with van der Waals surface area (Å²) in [6, 6.07) is 65.1. The molecule has 5 nitrogen and oxygen atoms in total. The van der Waals surface area contributed by atoms with Crippen molar-refractivity contribution in [2.75, 3.05) is 27.8 Å². The van der Waals surface area contributed by atoms with E-state index in [0.29, 0.717) is 0 Å². The van der Waals surface area contributed by atoms with Crippen LogP contribution >= 0.6 is 0 Å². The molecular weight excluding hydrogens is 635 g/mol. The average Bonchev–Trinajstić information content (AvgIpc) is 3.55. The van der Waals surface area contributed by atoms with Crippen LogP contribution in [0.5, 0.6) is 0 Å². The molecule has 3 heterocycles. The molecule has 0 aliphatic carbocycles. The highest BCUT2D eigenvalue weighted by Gasteiger charge is 2.27. The molecule has 248 valence electrons. The van der Waals surface area contributed by atoms with Gasteiger partial charge in [0.05, 0.1) is 22.4 Å². The van der Waals surface area contributed by atoms with Crippen molar-refractivity contribution >= 4 is 72.5 Å². The summed E-state index contributed by atoms with van der Waals surface area (Å²) in [5.41, 5.74) is 10.3. The number of hydrogen-bond acceptors (Lipinski definition) is 4. The molecule has 1 aliphatic rings. The summed E-state index contributed by atoms with van der Waals surface area (Å²) in [4.78, 5) is 12.1. The third-order valence-electron chi connectivity index (χ3n) is 10.3. The van der Waals surface area contributed by atoms with E-state index in [4.69, 9.17) is 4.98 Å². The van der Waals surface area contributed by atoms with E-state index in [2.05, 4.69) is 195 Å². The van der Waals surface area contributed by atoms with E-state index in [1.807, 2.05) is 12.3 Å². The molecule has 10 rings (SSSR count). The van der Waals surface area contributed by atoms with E-state index in [0.717, 1.165) is 58.7 Å².